The predicted molar refractivity (Wildman–Crippen MR) is 88.2 cm³/mol. The first-order chi connectivity index (χ1) is 11.6. The monoisotopic (exact) mass is 331 g/mol. The summed E-state index contributed by atoms with van der Waals surface area (Å²) in [6.45, 7) is 0.606. The first-order valence-electron chi connectivity index (χ1n) is 8.35. The zero-order chi connectivity index (χ0) is 16.9. The van der Waals surface area contributed by atoms with Crippen molar-refractivity contribution in [2.75, 3.05) is 6.54 Å². The Bertz CT molecular complexity index is 684. The number of amides is 1. The summed E-state index contributed by atoms with van der Waals surface area (Å²) in [6.07, 6.45) is 5.44. The Morgan fingerprint density at radius 2 is 2.08 bits per heavy atom. The van der Waals surface area contributed by atoms with Crippen molar-refractivity contribution in [2.45, 2.75) is 38.2 Å². The smallest absolute Gasteiger partial charge is 0.226 e. The van der Waals surface area contributed by atoms with Gasteiger partial charge >= 0.3 is 0 Å². The van der Waals surface area contributed by atoms with Crippen molar-refractivity contribution >= 4 is 5.91 Å². The molecule has 1 aromatic carbocycles. The number of aromatic nitrogens is 2. The lowest BCUT2D eigenvalue weighted by atomic mass is 9.87. The van der Waals surface area contributed by atoms with E-state index in [9.17, 15) is 14.3 Å². The average molecular weight is 331 g/mol. The molecule has 1 aromatic heterocycles. The summed E-state index contributed by atoms with van der Waals surface area (Å²) in [5.41, 5.74) is 1.42. The van der Waals surface area contributed by atoms with Gasteiger partial charge in [0.25, 0.3) is 0 Å². The van der Waals surface area contributed by atoms with Crippen LogP contribution in [0.25, 0.3) is 5.69 Å². The highest BCUT2D eigenvalue weighted by Gasteiger charge is 2.20. The highest BCUT2D eigenvalue weighted by atomic mass is 19.1. The van der Waals surface area contributed by atoms with E-state index < -0.39 is 0 Å². The van der Waals surface area contributed by atoms with Crippen LogP contribution >= 0.6 is 0 Å². The molecule has 1 fully saturated rings. The average Bonchev–Trinajstić information content (AvgIpc) is 3.02. The maximum atomic E-state index is 12.9. The van der Waals surface area contributed by atoms with Crippen LogP contribution in [0.5, 0.6) is 0 Å². The molecule has 0 radical (unpaired) electrons. The number of benzene rings is 1. The van der Waals surface area contributed by atoms with E-state index in [1.54, 1.807) is 29.1 Å². The van der Waals surface area contributed by atoms with Gasteiger partial charge < -0.3 is 10.4 Å². The van der Waals surface area contributed by atoms with Gasteiger partial charge in [0.2, 0.25) is 5.91 Å². The van der Waals surface area contributed by atoms with Crippen molar-refractivity contribution in [3.8, 4) is 5.69 Å². The summed E-state index contributed by atoms with van der Waals surface area (Å²) in [5.74, 6) is -0.00719. The molecule has 3 rings (SSSR count). The number of hydrogen-bond donors (Lipinski definition) is 2. The summed E-state index contributed by atoms with van der Waals surface area (Å²) >= 11 is 0. The highest BCUT2D eigenvalue weighted by Crippen LogP contribution is 2.23. The van der Waals surface area contributed by atoms with Gasteiger partial charge in [0.1, 0.15) is 5.82 Å². The van der Waals surface area contributed by atoms with Gasteiger partial charge in [0.15, 0.2) is 0 Å². The van der Waals surface area contributed by atoms with Crippen LogP contribution < -0.4 is 5.32 Å². The maximum Gasteiger partial charge on any atom is 0.226 e. The molecule has 0 bridgehead atoms. The highest BCUT2D eigenvalue weighted by molar-refractivity contribution is 5.78. The SMILES string of the molecule is O=C(Cc1ccn(-c2ccc(F)cc2)n1)NCC1CCCC(O)C1. The number of carbonyl (C=O) groups is 1. The molecular weight excluding hydrogens is 309 g/mol. The van der Waals surface area contributed by atoms with E-state index in [-0.39, 0.29) is 24.2 Å². The van der Waals surface area contributed by atoms with E-state index in [2.05, 4.69) is 10.4 Å². The van der Waals surface area contributed by atoms with Crippen molar-refractivity contribution in [3.63, 3.8) is 0 Å². The van der Waals surface area contributed by atoms with Crippen LogP contribution in [-0.4, -0.2) is 33.4 Å². The fraction of sp³-hybridized carbons (Fsp3) is 0.444. The van der Waals surface area contributed by atoms with E-state index in [0.29, 0.717) is 18.2 Å². The van der Waals surface area contributed by atoms with E-state index in [4.69, 9.17) is 0 Å². The molecule has 0 aliphatic heterocycles. The molecule has 6 heteroatoms. The molecule has 128 valence electrons. The number of rotatable bonds is 5. The topological polar surface area (TPSA) is 67.2 Å². The number of nitrogens with zero attached hydrogens (tertiary/aromatic N) is 2. The van der Waals surface area contributed by atoms with Gasteiger partial charge in [-0.3, -0.25) is 4.79 Å². The lowest BCUT2D eigenvalue weighted by Crippen LogP contribution is -2.33. The quantitative estimate of drug-likeness (QED) is 0.883. The van der Waals surface area contributed by atoms with Crippen molar-refractivity contribution in [2.24, 2.45) is 5.92 Å². The number of hydrogen-bond acceptors (Lipinski definition) is 3. The third-order valence-corrected chi connectivity index (χ3v) is 4.42. The summed E-state index contributed by atoms with van der Waals surface area (Å²) in [6, 6.07) is 7.82. The minimum absolute atomic E-state index is 0.0700. The molecule has 0 spiro atoms. The molecule has 1 saturated carbocycles. The van der Waals surface area contributed by atoms with Crippen molar-refractivity contribution in [3.05, 3.63) is 48.0 Å². The minimum atomic E-state index is -0.293. The van der Waals surface area contributed by atoms with E-state index in [1.807, 2.05) is 0 Å². The van der Waals surface area contributed by atoms with Crippen LogP contribution in [0.1, 0.15) is 31.4 Å². The van der Waals surface area contributed by atoms with Gasteiger partial charge in [-0.2, -0.15) is 5.10 Å². The van der Waals surface area contributed by atoms with E-state index in [1.165, 1.54) is 12.1 Å². The lowest BCUT2D eigenvalue weighted by molar-refractivity contribution is -0.120. The zero-order valence-electron chi connectivity index (χ0n) is 13.5. The van der Waals surface area contributed by atoms with Crippen LogP contribution in [0.3, 0.4) is 0 Å². The second kappa shape index (κ2) is 7.57. The molecule has 24 heavy (non-hydrogen) atoms. The molecule has 1 aliphatic rings. The Morgan fingerprint density at radius 3 is 2.83 bits per heavy atom. The Balaban J connectivity index is 1.50. The van der Waals surface area contributed by atoms with Crippen LogP contribution in [0.4, 0.5) is 4.39 Å². The van der Waals surface area contributed by atoms with Crippen molar-refractivity contribution in [1.29, 1.82) is 0 Å². The standard InChI is InChI=1S/C18H22FN3O2/c19-14-4-6-16(7-5-14)22-9-8-15(21-22)11-18(24)20-12-13-2-1-3-17(23)10-13/h4-9,13,17,23H,1-3,10-12H2,(H,20,24). The molecule has 2 N–H and O–H groups in total. The lowest BCUT2D eigenvalue weighted by Gasteiger charge is -2.25. The summed E-state index contributed by atoms with van der Waals surface area (Å²) in [4.78, 5) is 12.1. The van der Waals surface area contributed by atoms with Gasteiger partial charge in [0.05, 0.1) is 23.9 Å². The maximum absolute atomic E-state index is 12.9. The summed E-state index contributed by atoms with van der Waals surface area (Å²) in [7, 11) is 0. The van der Waals surface area contributed by atoms with Crippen molar-refractivity contribution < 1.29 is 14.3 Å². The first kappa shape index (κ1) is 16.6. The second-order valence-electron chi connectivity index (χ2n) is 6.40. The molecule has 0 saturated heterocycles. The Hall–Kier alpha value is -2.21. The van der Waals surface area contributed by atoms with Crippen LogP contribution in [0.2, 0.25) is 0 Å². The number of nitrogens with one attached hydrogen (secondary N) is 1. The second-order valence-corrected chi connectivity index (χ2v) is 6.40. The molecule has 2 unspecified atom stereocenters. The van der Waals surface area contributed by atoms with Gasteiger partial charge in [-0.1, -0.05) is 6.42 Å². The minimum Gasteiger partial charge on any atom is -0.393 e. The molecule has 2 aromatic rings. The summed E-state index contributed by atoms with van der Waals surface area (Å²) < 4.78 is 14.6. The summed E-state index contributed by atoms with van der Waals surface area (Å²) in [5, 5.41) is 16.9. The molecule has 2 atom stereocenters. The molecular formula is C18H22FN3O2. The number of halogens is 1. The number of aliphatic hydroxyl groups is 1. The van der Waals surface area contributed by atoms with Crippen LogP contribution in [0.15, 0.2) is 36.5 Å². The largest absolute Gasteiger partial charge is 0.393 e. The van der Waals surface area contributed by atoms with E-state index in [0.717, 1.165) is 31.4 Å². The number of carbonyl (C=O) groups excluding carboxylic acids is 1. The van der Waals surface area contributed by atoms with Gasteiger partial charge in [-0.25, -0.2) is 9.07 Å². The van der Waals surface area contributed by atoms with E-state index >= 15 is 0 Å². The molecule has 5 nitrogen and oxygen atoms in total. The van der Waals surface area contributed by atoms with Crippen LogP contribution in [0, 0.1) is 11.7 Å². The van der Waals surface area contributed by atoms with Gasteiger partial charge in [-0.05, 0) is 55.5 Å². The molecule has 1 aliphatic carbocycles. The first-order valence-corrected chi connectivity index (χ1v) is 8.35. The Kier molecular flexibility index (Phi) is 5.25. The Labute approximate surface area is 140 Å². The fourth-order valence-corrected chi connectivity index (χ4v) is 3.13. The zero-order valence-corrected chi connectivity index (χ0v) is 13.5. The third kappa shape index (κ3) is 4.41. The third-order valence-electron chi connectivity index (χ3n) is 4.42. The Morgan fingerprint density at radius 1 is 1.29 bits per heavy atom. The number of aliphatic hydroxyl groups excluding tert-OH is 1. The molecule has 1 heterocycles. The van der Waals surface area contributed by atoms with Crippen LogP contribution in [-0.2, 0) is 11.2 Å². The molecule has 1 amide bonds. The fourth-order valence-electron chi connectivity index (χ4n) is 3.13. The predicted octanol–water partition coefficient (Wildman–Crippen LogP) is 2.22. The van der Waals surface area contributed by atoms with Gasteiger partial charge in [0, 0.05) is 12.7 Å². The van der Waals surface area contributed by atoms with Crippen molar-refractivity contribution in [1.82, 2.24) is 15.1 Å². The normalized spacial score (nSPS) is 20.8. The van der Waals surface area contributed by atoms with Gasteiger partial charge in [-0.15, -0.1) is 0 Å².